The zero-order chi connectivity index (χ0) is 18.5. The van der Waals surface area contributed by atoms with Gasteiger partial charge < -0.3 is 9.47 Å². The monoisotopic (exact) mass is 494 g/mol. The number of halogens is 3. The maximum Gasteiger partial charge on any atom is 0.349 e. The van der Waals surface area contributed by atoms with Gasteiger partial charge >= 0.3 is 5.97 Å². The van der Waals surface area contributed by atoms with E-state index in [0.29, 0.717) is 25.5 Å². The quantitative estimate of drug-likeness (QED) is 0.298. The molecule has 26 heavy (non-hydrogen) atoms. The highest BCUT2D eigenvalue weighted by molar-refractivity contribution is 9.10. The smallest absolute Gasteiger partial charge is 0.349 e. The van der Waals surface area contributed by atoms with Gasteiger partial charge in [0, 0.05) is 5.02 Å². The molecule has 0 unspecified atom stereocenters. The first-order valence-electron chi connectivity index (χ1n) is 7.66. The van der Waals surface area contributed by atoms with Crippen LogP contribution in [0.25, 0.3) is 11.1 Å². The summed E-state index contributed by atoms with van der Waals surface area (Å²) >= 11 is 12.7. The van der Waals surface area contributed by atoms with Crippen molar-refractivity contribution in [3.63, 3.8) is 0 Å². The number of esters is 1. The molecule has 0 radical (unpaired) electrons. The first kappa shape index (κ1) is 19.0. The van der Waals surface area contributed by atoms with Crippen LogP contribution in [0.4, 0.5) is 0 Å². The van der Waals surface area contributed by atoms with Gasteiger partial charge in [-0.1, -0.05) is 48.0 Å². The van der Waals surface area contributed by atoms with Crippen LogP contribution < -0.4 is 9.47 Å². The van der Waals surface area contributed by atoms with Crippen LogP contribution in [0.5, 0.6) is 11.5 Å². The number of ether oxygens (including phenoxy) is 2. The van der Waals surface area contributed by atoms with Gasteiger partial charge in [-0.3, -0.25) is 0 Å². The van der Waals surface area contributed by atoms with E-state index in [4.69, 9.17) is 21.1 Å². The van der Waals surface area contributed by atoms with E-state index in [-0.39, 0.29) is 6.61 Å². The van der Waals surface area contributed by atoms with E-state index < -0.39 is 5.97 Å². The molecule has 0 amide bonds. The summed E-state index contributed by atoms with van der Waals surface area (Å²) in [5.41, 5.74) is 2.11. The van der Waals surface area contributed by atoms with Crippen molar-refractivity contribution < 1.29 is 14.3 Å². The van der Waals surface area contributed by atoms with Crippen LogP contribution in [0.2, 0.25) is 5.02 Å². The highest BCUT2D eigenvalue weighted by Crippen LogP contribution is 2.31. The van der Waals surface area contributed by atoms with E-state index in [0.717, 1.165) is 11.1 Å². The summed E-state index contributed by atoms with van der Waals surface area (Å²) in [7, 11) is 0. The molecular weight excluding hydrogens is 483 g/mol. The second-order valence-corrected chi connectivity index (χ2v) is 7.49. The van der Waals surface area contributed by atoms with Crippen LogP contribution in [-0.4, -0.2) is 12.6 Å². The van der Waals surface area contributed by atoms with Crippen molar-refractivity contribution in [1.82, 2.24) is 0 Å². The van der Waals surface area contributed by atoms with Crippen LogP contribution in [0.3, 0.4) is 0 Å². The van der Waals surface area contributed by atoms with Crippen molar-refractivity contribution in [1.29, 1.82) is 0 Å². The van der Waals surface area contributed by atoms with Crippen molar-refractivity contribution in [3.8, 4) is 22.6 Å². The maximum atomic E-state index is 12.1. The minimum absolute atomic E-state index is 0.215. The Balaban J connectivity index is 1.64. The molecule has 0 saturated carbocycles. The van der Waals surface area contributed by atoms with Crippen LogP contribution in [-0.2, 0) is 4.79 Å². The highest BCUT2D eigenvalue weighted by atomic mass is 79.9. The molecule has 0 aliphatic carbocycles. The number of benzene rings is 3. The lowest BCUT2D eigenvalue weighted by atomic mass is 10.1. The Bertz CT molecular complexity index is 930. The molecule has 3 rings (SSSR count). The molecule has 6 heteroatoms. The standard InChI is InChI=1S/C20H13Br2ClO3/c21-16-10-14(13-4-2-1-3-5-13)6-8-19(16)26-20(24)12-25-18-9-7-15(23)11-17(18)22/h1-11H,12H2. The number of rotatable bonds is 5. The minimum atomic E-state index is -0.500. The van der Waals surface area contributed by atoms with Gasteiger partial charge in [0.15, 0.2) is 6.61 Å². The van der Waals surface area contributed by atoms with Crippen molar-refractivity contribution >= 4 is 49.4 Å². The summed E-state index contributed by atoms with van der Waals surface area (Å²) in [4.78, 5) is 12.1. The predicted molar refractivity (Wildman–Crippen MR) is 110 cm³/mol. The van der Waals surface area contributed by atoms with E-state index >= 15 is 0 Å². The van der Waals surface area contributed by atoms with E-state index in [2.05, 4.69) is 31.9 Å². The maximum absolute atomic E-state index is 12.1. The van der Waals surface area contributed by atoms with Crippen molar-refractivity contribution in [2.45, 2.75) is 0 Å². The summed E-state index contributed by atoms with van der Waals surface area (Å²) < 4.78 is 12.2. The van der Waals surface area contributed by atoms with Gasteiger partial charge in [0.2, 0.25) is 0 Å². The average Bonchev–Trinajstić information content (AvgIpc) is 2.63. The molecule has 132 valence electrons. The van der Waals surface area contributed by atoms with Crippen LogP contribution in [0, 0.1) is 0 Å². The zero-order valence-electron chi connectivity index (χ0n) is 13.4. The third kappa shape index (κ3) is 4.87. The molecule has 3 aromatic carbocycles. The van der Waals surface area contributed by atoms with Gasteiger partial charge in [-0.05, 0) is 73.3 Å². The van der Waals surface area contributed by atoms with Crippen LogP contribution in [0.1, 0.15) is 0 Å². The van der Waals surface area contributed by atoms with Crippen LogP contribution >= 0.6 is 43.5 Å². The molecule has 0 bridgehead atoms. The van der Waals surface area contributed by atoms with Crippen molar-refractivity contribution in [3.05, 3.63) is 80.7 Å². The number of carbonyl (C=O) groups excluding carboxylic acids is 1. The van der Waals surface area contributed by atoms with E-state index in [1.165, 1.54) is 0 Å². The van der Waals surface area contributed by atoms with Gasteiger partial charge in [0.05, 0.1) is 8.95 Å². The SMILES string of the molecule is O=C(COc1ccc(Cl)cc1Br)Oc1ccc(-c2ccccc2)cc1Br. The van der Waals surface area contributed by atoms with Crippen LogP contribution in [0.15, 0.2) is 75.7 Å². The third-order valence-corrected chi connectivity index (χ3v) is 4.98. The molecule has 3 nitrogen and oxygen atoms in total. The van der Waals surface area contributed by atoms with Gasteiger partial charge in [-0.25, -0.2) is 4.79 Å². The molecule has 0 N–H and O–H groups in total. The normalized spacial score (nSPS) is 10.4. The second-order valence-electron chi connectivity index (χ2n) is 5.35. The van der Waals surface area contributed by atoms with Crippen molar-refractivity contribution in [2.75, 3.05) is 6.61 Å². The van der Waals surface area contributed by atoms with Gasteiger partial charge in [-0.2, -0.15) is 0 Å². The first-order valence-corrected chi connectivity index (χ1v) is 9.63. The highest BCUT2D eigenvalue weighted by Gasteiger charge is 2.11. The fourth-order valence-electron chi connectivity index (χ4n) is 2.27. The molecule has 0 aromatic heterocycles. The minimum Gasteiger partial charge on any atom is -0.481 e. The van der Waals surface area contributed by atoms with Gasteiger partial charge in [-0.15, -0.1) is 0 Å². The molecule has 3 aromatic rings. The fraction of sp³-hybridized carbons (Fsp3) is 0.0500. The molecule has 0 atom stereocenters. The Morgan fingerprint density at radius 1 is 0.846 bits per heavy atom. The summed E-state index contributed by atoms with van der Waals surface area (Å²) in [5, 5.41) is 0.578. The summed E-state index contributed by atoms with van der Waals surface area (Å²) in [6.07, 6.45) is 0. The zero-order valence-corrected chi connectivity index (χ0v) is 17.3. The molecule has 0 aliphatic heterocycles. The Labute approximate surface area is 173 Å². The number of hydrogen-bond acceptors (Lipinski definition) is 3. The molecule has 0 spiro atoms. The van der Waals surface area contributed by atoms with E-state index in [1.54, 1.807) is 24.3 Å². The number of hydrogen-bond donors (Lipinski definition) is 0. The Kier molecular flexibility index (Phi) is 6.35. The topological polar surface area (TPSA) is 35.5 Å². The lowest BCUT2D eigenvalue weighted by Crippen LogP contribution is -2.18. The van der Waals surface area contributed by atoms with Crippen molar-refractivity contribution in [2.24, 2.45) is 0 Å². The molecular formula is C20H13Br2ClO3. The molecule has 0 aliphatic rings. The fourth-order valence-corrected chi connectivity index (χ4v) is 3.53. The lowest BCUT2D eigenvalue weighted by molar-refractivity contribution is -0.136. The largest absolute Gasteiger partial charge is 0.481 e. The number of carbonyl (C=O) groups is 1. The first-order chi connectivity index (χ1) is 12.5. The lowest BCUT2D eigenvalue weighted by Gasteiger charge is -2.10. The second kappa shape index (κ2) is 8.71. The Morgan fingerprint density at radius 3 is 2.23 bits per heavy atom. The van der Waals surface area contributed by atoms with Gasteiger partial charge in [0.25, 0.3) is 0 Å². The molecule has 0 fully saturated rings. The van der Waals surface area contributed by atoms with E-state index in [9.17, 15) is 4.79 Å². The molecule has 0 heterocycles. The summed E-state index contributed by atoms with van der Waals surface area (Å²) in [6, 6.07) is 20.6. The predicted octanol–water partition coefficient (Wildman–Crippen LogP) is 6.52. The van der Waals surface area contributed by atoms with E-state index in [1.807, 2.05) is 42.5 Å². The third-order valence-electron chi connectivity index (χ3n) is 3.50. The van der Waals surface area contributed by atoms with Gasteiger partial charge in [0.1, 0.15) is 11.5 Å². The Hall–Kier alpha value is -1.82. The Morgan fingerprint density at radius 2 is 1.54 bits per heavy atom. The summed E-state index contributed by atoms with van der Waals surface area (Å²) in [6.45, 7) is -0.215. The summed E-state index contributed by atoms with van der Waals surface area (Å²) in [5.74, 6) is 0.457. The molecule has 0 saturated heterocycles. The average molecular weight is 497 g/mol.